The second-order valence-corrected chi connectivity index (χ2v) is 15.8. The summed E-state index contributed by atoms with van der Waals surface area (Å²) in [6.07, 6.45) is -0.108. The summed E-state index contributed by atoms with van der Waals surface area (Å²) >= 11 is 0. The van der Waals surface area contributed by atoms with Crippen molar-refractivity contribution in [3.8, 4) is 11.5 Å². The van der Waals surface area contributed by atoms with Crippen LogP contribution in [0.2, 0.25) is 18.1 Å². The van der Waals surface area contributed by atoms with E-state index in [1.807, 2.05) is 24.3 Å². The molecule has 4 atom stereocenters. The number of carbonyl (C=O) groups is 2. The highest BCUT2D eigenvalue weighted by atomic mass is 28.4. The van der Waals surface area contributed by atoms with Crippen LogP contribution >= 0.6 is 0 Å². The first kappa shape index (κ1) is 22.4. The van der Waals surface area contributed by atoms with Gasteiger partial charge in [0.05, 0.1) is 17.5 Å². The second-order valence-electron chi connectivity index (χ2n) is 11.1. The van der Waals surface area contributed by atoms with E-state index in [0.717, 1.165) is 10.8 Å². The zero-order valence-electron chi connectivity index (χ0n) is 20.2. The van der Waals surface area contributed by atoms with Crippen molar-refractivity contribution in [1.82, 2.24) is 0 Å². The van der Waals surface area contributed by atoms with Crippen LogP contribution in [0.3, 0.4) is 0 Å². The van der Waals surface area contributed by atoms with Crippen molar-refractivity contribution >= 4 is 30.8 Å². The largest absolute Gasteiger partial charge is 0.488 e. The van der Waals surface area contributed by atoms with Crippen LogP contribution < -0.4 is 9.47 Å². The van der Waals surface area contributed by atoms with Crippen molar-refractivity contribution in [2.75, 3.05) is 0 Å². The maximum absolute atomic E-state index is 13.5. The van der Waals surface area contributed by atoms with E-state index in [1.54, 1.807) is 0 Å². The number of fused-ring (bicyclic) bond motifs is 8. The molecule has 176 valence electrons. The van der Waals surface area contributed by atoms with Crippen LogP contribution in [0.4, 0.5) is 0 Å². The van der Waals surface area contributed by atoms with Gasteiger partial charge in [0.2, 0.25) is 0 Å². The minimum atomic E-state index is -1.93. The van der Waals surface area contributed by atoms with Crippen molar-refractivity contribution in [2.45, 2.75) is 89.5 Å². The Hall–Kier alpha value is -2.38. The van der Waals surface area contributed by atoms with Gasteiger partial charge in [-0.2, -0.15) is 0 Å². The van der Waals surface area contributed by atoms with Crippen LogP contribution in [0, 0.1) is 0 Å². The first-order valence-electron chi connectivity index (χ1n) is 11.8. The normalized spacial score (nSPS) is 25.1. The number of benzene rings is 2. The quantitative estimate of drug-likeness (QED) is 0.422. The lowest BCUT2D eigenvalue weighted by Gasteiger charge is -2.39. The topological polar surface area (TPSA) is 71.1 Å². The third kappa shape index (κ3) is 3.65. The molecule has 3 heterocycles. The van der Waals surface area contributed by atoms with E-state index in [4.69, 9.17) is 18.6 Å². The molecule has 0 saturated carbocycles. The van der Waals surface area contributed by atoms with Gasteiger partial charge in [0.15, 0.2) is 26.3 Å². The van der Waals surface area contributed by atoms with Gasteiger partial charge in [-0.05, 0) is 25.1 Å². The SMILES string of the molecule is C[C@@H](C[C@@H]1CC(=O)c2c3c(c4ccccc4c2O1)O[C@@H]1CC(=O)O[C@H]31)O[Si](C)(C)C(C)(C)C. The van der Waals surface area contributed by atoms with Gasteiger partial charge < -0.3 is 18.6 Å². The van der Waals surface area contributed by atoms with Crippen LogP contribution in [0.15, 0.2) is 24.3 Å². The summed E-state index contributed by atoms with van der Waals surface area (Å²) in [6, 6.07) is 7.81. The van der Waals surface area contributed by atoms with Crippen LogP contribution in [0.1, 0.15) is 69.0 Å². The average Bonchev–Trinajstić information content (AvgIpc) is 3.23. The van der Waals surface area contributed by atoms with Gasteiger partial charge in [-0.15, -0.1) is 0 Å². The molecule has 3 aliphatic rings. The van der Waals surface area contributed by atoms with Crippen LogP contribution in [0.25, 0.3) is 10.8 Å². The second kappa shape index (κ2) is 7.57. The Morgan fingerprint density at radius 1 is 1.03 bits per heavy atom. The van der Waals surface area contributed by atoms with Gasteiger partial charge in [-0.25, -0.2) is 0 Å². The molecule has 1 saturated heterocycles. The number of ketones is 1. The fourth-order valence-electron chi connectivity index (χ4n) is 4.98. The van der Waals surface area contributed by atoms with Gasteiger partial charge >= 0.3 is 5.97 Å². The molecule has 6 nitrogen and oxygen atoms in total. The molecule has 0 aromatic heterocycles. The Morgan fingerprint density at radius 3 is 2.36 bits per heavy atom. The Kier molecular flexibility index (Phi) is 5.14. The first-order valence-corrected chi connectivity index (χ1v) is 14.7. The molecule has 5 rings (SSSR count). The molecular weight excluding hydrogens is 436 g/mol. The lowest BCUT2D eigenvalue weighted by atomic mass is 9.88. The Bertz CT molecular complexity index is 1150. The predicted octanol–water partition coefficient (Wildman–Crippen LogP) is 5.72. The highest BCUT2D eigenvalue weighted by molar-refractivity contribution is 6.74. The predicted molar refractivity (Wildman–Crippen MR) is 128 cm³/mol. The van der Waals surface area contributed by atoms with E-state index < -0.39 is 14.4 Å². The monoisotopic (exact) mass is 468 g/mol. The number of carbonyl (C=O) groups excluding carboxylic acids is 2. The smallest absolute Gasteiger partial charge is 0.310 e. The van der Waals surface area contributed by atoms with Crippen LogP contribution in [-0.4, -0.2) is 38.4 Å². The molecule has 0 radical (unpaired) electrons. The molecule has 0 N–H and O–H groups in total. The fraction of sp³-hybridized carbons (Fsp3) is 0.538. The Morgan fingerprint density at radius 2 is 1.70 bits per heavy atom. The number of rotatable bonds is 4. The first-order chi connectivity index (χ1) is 15.5. The lowest BCUT2D eigenvalue weighted by molar-refractivity contribution is -0.141. The van der Waals surface area contributed by atoms with Crippen molar-refractivity contribution in [2.24, 2.45) is 0 Å². The molecule has 2 aromatic rings. The summed E-state index contributed by atoms with van der Waals surface area (Å²) < 4.78 is 24.7. The van der Waals surface area contributed by atoms with Crippen molar-refractivity contribution in [1.29, 1.82) is 0 Å². The fourth-order valence-corrected chi connectivity index (χ4v) is 6.43. The standard InChI is InChI=1S/C26H32O6Si/c1-14(32-33(5,6)26(2,3)4)11-15-12-18(27)21-22-24(30-19-13-20(28)31-25(19)22)17-10-8-7-9-16(17)23(21)29-15/h7-10,14-15,19,25H,11-13H2,1-6H3/t14-,15+,19+,25-/m0/s1. The Labute approximate surface area is 195 Å². The molecule has 33 heavy (non-hydrogen) atoms. The van der Waals surface area contributed by atoms with E-state index in [1.165, 1.54) is 0 Å². The maximum atomic E-state index is 13.5. The van der Waals surface area contributed by atoms with Crippen LogP contribution in [-0.2, 0) is 14.0 Å². The average molecular weight is 469 g/mol. The third-order valence-corrected chi connectivity index (χ3v) is 12.2. The summed E-state index contributed by atoms with van der Waals surface area (Å²) in [5.41, 5.74) is 1.19. The number of Topliss-reactive ketones (excluding diaryl/α,β-unsaturated/α-hetero) is 1. The zero-order chi connectivity index (χ0) is 23.7. The molecule has 2 aromatic carbocycles. The van der Waals surface area contributed by atoms with E-state index in [0.29, 0.717) is 29.0 Å². The maximum Gasteiger partial charge on any atom is 0.310 e. The molecule has 0 unspecified atom stereocenters. The summed E-state index contributed by atoms with van der Waals surface area (Å²) in [6.45, 7) is 13.2. The molecule has 7 heteroatoms. The molecular formula is C26H32O6Si. The van der Waals surface area contributed by atoms with Gasteiger partial charge in [0.25, 0.3) is 0 Å². The number of ether oxygens (including phenoxy) is 3. The van der Waals surface area contributed by atoms with Gasteiger partial charge in [-0.3, -0.25) is 9.59 Å². The van der Waals surface area contributed by atoms with E-state index in [-0.39, 0.29) is 47.9 Å². The minimum absolute atomic E-state index is 0.00924. The molecule has 0 amide bonds. The van der Waals surface area contributed by atoms with Crippen molar-refractivity contribution in [3.05, 3.63) is 35.4 Å². The zero-order valence-corrected chi connectivity index (χ0v) is 21.2. The van der Waals surface area contributed by atoms with Gasteiger partial charge in [0.1, 0.15) is 17.6 Å². The minimum Gasteiger partial charge on any atom is -0.488 e. The summed E-state index contributed by atoms with van der Waals surface area (Å²) in [4.78, 5) is 25.4. The van der Waals surface area contributed by atoms with Crippen molar-refractivity contribution in [3.63, 3.8) is 0 Å². The summed E-state index contributed by atoms with van der Waals surface area (Å²) in [7, 11) is -1.93. The van der Waals surface area contributed by atoms with E-state index >= 15 is 0 Å². The molecule has 0 bridgehead atoms. The Balaban J connectivity index is 1.49. The van der Waals surface area contributed by atoms with Crippen molar-refractivity contribution < 1.29 is 28.2 Å². The van der Waals surface area contributed by atoms with Crippen LogP contribution in [0.5, 0.6) is 11.5 Å². The highest BCUT2D eigenvalue weighted by Gasteiger charge is 2.49. The molecule has 3 aliphatic heterocycles. The van der Waals surface area contributed by atoms with E-state index in [9.17, 15) is 9.59 Å². The molecule has 1 fully saturated rings. The number of hydrogen-bond acceptors (Lipinski definition) is 6. The number of hydrogen-bond donors (Lipinski definition) is 0. The lowest BCUT2D eigenvalue weighted by Crippen LogP contribution is -2.44. The molecule has 0 spiro atoms. The summed E-state index contributed by atoms with van der Waals surface area (Å²) in [5.74, 6) is 0.945. The third-order valence-electron chi connectivity index (χ3n) is 7.55. The van der Waals surface area contributed by atoms with Gasteiger partial charge in [0, 0.05) is 29.7 Å². The van der Waals surface area contributed by atoms with Gasteiger partial charge in [-0.1, -0.05) is 45.0 Å². The highest BCUT2D eigenvalue weighted by Crippen LogP contribution is 2.54. The molecule has 0 aliphatic carbocycles. The summed E-state index contributed by atoms with van der Waals surface area (Å²) in [5, 5.41) is 1.85. The number of esters is 1. The van der Waals surface area contributed by atoms with E-state index in [2.05, 4.69) is 40.8 Å².